The molecule has 1 rings (SSSR count). The zero-order chi connectivity index (χ0) is 13.8. The van der Waals surface area contributed by atoms with E-state index in [4.69, 9.17) is 5.73 Å². The molecule has 1 saturated carbocycles. The van der Waals surface area contributed by atoms with Gasteiger partial charge in [-0.25, -0.2) is 0 Å². The van der Waals surface area contributed by atoms with Crippen LogP contribution in [0.4, 0.5) is 0 Å². The number of nitrogens with zero attached hydrogens (tertiary/aromatic N) is 1. The first-order chi connectivity index (χ1) is 8.41. The van der Waals surface area contributed by atoms with Crippen LogP contribution in [0.5, 0.6) is 0 Å². The maximum atomic E-state index is 12.0. The van der Waals surface area contributed by atoms with Crippen molar-refractivity contribution in [1.29, 1.82) is 0 Å². The highest BCUT2D eigenvalue weighted by Crippen LogP contribution is 2.31. The third-order valence-electron chi connectivity index (χ3n) is 3.68. The molecule has 1 aliphatic rings. The van der Waals surface area contributed by atoms with Gasteiger partial charge < -0.3 is 16.0 Å². The molecule has 0 aromatic heterocycles. The predicted octanol–water partition coefficient (Wildman–Crippen LogP) is 0.631. The zero-order valence-corrected chi connectivity index (χ0v) is 11.7. The number of carbonyl (C=O) groups is 2. The number of hydrogen-bond donors (Lipinski definition) is 2. The van der Waals surface area contributed by atoms with Gasteiger partial charge in [0.1, 0.15) is 6.04 Å². The third-order valence-corrected chi connectivity index (χ3v) is 3.68. The van der Waals surface area contributed by atoms with Crippen molar-refractivity contribution >= 4 is 11.8 Å². The van der Waals surface area contributed by atoms with Crippen molar-refractivity contribution in [2.24, 2.45) is 5.73 Å². The Kier molecular flexibility index (Phi) is 5.14. The van der Waals surface area contributed by atoms with Crippen molar-refractivity contribution in [3.8, 4) is 0 Å². The van der Waals surface area contributed by atoms with Gasteiger partial charge in [-0.2, -0.15) is 0 Å². The van der Waals surface area contributed by atoms with Gasteiger partial charge >= 0.3 is 0 Å². The third kappa shape index (κ3) is 3.70. The highest BCUT2D eigenvalue weighted by Gasteiger charge is 2.35. The quantitative estimate of drug-likeness (QED) is 0.731. The summed E-state index contributed by atoms with van der Waals surface area (Å²) in [5.41, 5.74) is 5.68. The first-order valence-corrected chi connectivity index (χ1v) is 6.79. The van der Waals surface area contributed by atoms with Crippen LogP contribution in [0.1, 0.15) is 46.5 Å². The van der Waals surface area contributed by atoms with Crippen LogP contribution >= 0.6 is 0 Å². The summed E-state index contributed by atoms with van der Waals surface area (Å²) in [6, 6.07) is -0.471. The van der Waals surface area contributed by atoms with E-state index in [-0.39, 0.29) is 17.4 Å². The molecule has 0 saturated heterocycles. The molecule has 1 unspecified atom stereocenters. The summed E-state index contributed by atoms with van der Waals surface area (Å²) in [7, 11) is 0. The van der Waals surface area contributed by atoms with Crippen LogP contribution in [0.25, 0.3) is 0 Å². The Labute approximate surface area is 109 Å². The number of amides is 2. The van der Waals surface area contributed by atoms with Crippen molar-refractivity contribution in [2.45, 2.75) is 58.0 Å². The second kappa shape index (κ2) is 6.18. The second-order valence-electron chi connectivity index (χ2n) is 5.19. The standard InChI is InChI=1S/C13H25N3O2/c1-4-16(5-2)12(18)10(3)15-11(17)9-13(14)7-6-8-13/h10H,4-9,14H2,1-3H3,(H,15,17). The highest BCUT2D eigenvalue weighted by molar-refractivity contribution is 5.87. The summed E-state index contributed by atoms with van der Waals surface area (Å²) in [6.07, 6.45) is 3.22. The lowest BCUT2D eigenvalue weighted by atomic mass is 9.75. The summed E-state index contributed by atoms with van der Waals surface area (Å²) in [5, 5.41) is 2.74. The predicted molar refractivity (Wildman–Crippen MR) is 70.9 cm³/mol. The maximum Gasteiger partial charge on any atom is 0.244 e. The van der Waals surface area contributed by atoms with E-state index in [2.05, 4.69) is 5.32 Å². The van der Waals surface area contributed by atoms with E-state index < -0.39 is 6.04 Å². The van der Waals surface area contributed by atoms with Gasteiger partial charge in [-0.05, 0) is 40.0 Å². The Morgan fingerprint density at radius 2 is 1.89 bits per heavy atom. The first kappa shape index (κ1) is 15.0. The molecule has 1 fully saturated rings. The lowest BCUT2D eigenvalue weighted by Crippen LogP contribution is -2.53. The van der Waals surface area contributed by atoms with Gasteiger partial charge in [0.25, 0.3) is 0 Å². The molecule has 2 amide bonds. The van der Waals surface area contributed by atoms with Crippen molar-refractivity contribution < 1.29 is 9.59 Å². The molecular formula is C13H25N3O2. The Bertz CT molecular complexity index is 309. The van der Waals surface area contributed by atoms with Crippen LogP contribution in [0.2, 0.25) is 0 Å². The number of nitrogens with one attached hydrogen (secondary N) is 1. The molecular weight excluding hydrogens is 230 g/mol. The molecule has 0 spiro atoms. The minimum absolute atomic E-state index is 0.0342. The van der Waals surface area contributed by atoms with E-state index in [0.29, 0.717) is 19.5 Å². The van der Waals surface area contributed by atoms with Gasteiger partial charge in [0.15, 0.2) is 0 Å². The fourth-order valence-electron chi connectivity index (χ4n) is 2.29. The van der Waals surface area contributed by atoms with Crippen LogP contribution in [0, 0.1) is 0 Å². The topological polar surface area (TPSA) is 75.4 Å². The van der Waals surface area contributed by atoms with Crippen LogP contribution in [0.15, 0.2) is 0 Å². The van der Waals surface area contributed by atoms with E-state index in [9.17, 15) is 9.59 Å². The molecule has 0 aromatic carbocycles. The summed E-state index contributed by atoms with van der Waals surface area (Å²) in [5.74, 6) is -0.154. The van der Waals surface area contributed by atoms with Gasteiger partial charge in [-0.15, -0.1) is 0 Å². The number of likely N-dealkylation sites (N-methyl/N-ethyl adjacent to an activating group) is 1. The number of carbonyl (C=O) groups excluding carboxylic acids is 2. The average Bonchev–Trinajstić information content (AvgIpc) is 2.28. The Morgan fingerprint density at radius 3 is 2.28 bits per heavy atom. The van der Waals surface area contributed by atoms with Crippen molar-refractivity contribution in [3.63, 3.8) is 0 Å². The largest absolute Gasteiger partial charge is 0.345 e. The van der Waals surface area contributed by atoms with E-state index in [0.717, 1.165) is 19.3 Å². The van der Waals surface area contributed by atoms with Crippen LogP contribution < -0.4 is 11.1 Å². The van der Waals surface area contributed by atoms with Gasteiger partial charge in [0.05, 0.1) is 0 Å². The van der Waals surface area contributed by atoms with E-state index >= 15 is 0 Å². The molecule has 3 N–H and O–H groups in total. The number of rotatable bonds is 6. The Balaban J connectivity index is 2.41. The lowest BCUT2D eigenvalue weighted by molar-refractivity contribution is -0.136. The summed E-state index contributed by atoms with van der Waals surface area (Å²) >= 11 is 0. The lowest BCUT2D eigenvalue weighted by Gasteiger charge is -2.37. The molecule has 5 heteroatoms. The van der Waals surface area contributed by atoms with Gasteiger partial charge in [0, 0.05) is 25.0 Å². The molecule has 104 valence electrons. The van der Waals surface area contributed by atoms with Gasteiger partial charge in [-0.1, -0.05) is 0 Å². The molecule has 0 aliphatic heterocycles. The fraction of sp³-hybridized carbons (Fsp3) is 0.846. The van der Waals surface area contributed by atoms with E-state index in [1.54, 1.807) is 11.8 Å². The maximum absolute atomic E-state index is 12.0. The summed E-state index contributed by atoms with van der Waals surface area (Å²) in [4.78, 5) is 25.5. The summed E-state index contributed by atoms with van der Waals surface area (Å²) < 4.78 is 0. The van der Waals surface area contributed by atoms with Crippen LogP contribution in [-0.2, 0) is 9.59 Å². The molecule has 0 aromatic rings. The minimum Gasteiger partial charge on any atom is -0.345 e. The van der Waals surface area contributed by atoms with E-state index in [1.165, 1.54) is 0 Å². The average molecular weight is 255 g/mol. The van der Waals surface area contributed by atoms with Crippen molar-refractivity contribution in [2.75, 3.05) is 13.1 Å². The minimum atomic E-state index is -0.471. The highest BCUT2D eigenvalue weighted by atomic mass is 16.2. The van der Waals surface area contributed by atoms with Crippen LogP contribution in [-0.4, -0.2) is 41.4 Å². The summed E-state index contributed by atoms with van der Waals surface area (Å²) in [6.45, 7) is 6.91. The van der Waals surface area contributed by atoms with E-state index in [1.807, 2.05) is 13.8 Å². The molecule has 5 nitrogen and oxygen atoms in total. The normalized spacial score (nSPS) is 18.7. The number of nitrogens with two attached hydrogens (primary N) is 1. The van der Waals surface area contributed by atoms with Gasteiger partial charge in [-0.3, -0.25) is 9.59 Å². The molecule has 18 heavy (non-hydrogen) atoms. The van der Waals surface area contributed by atoms with Crippen molar-refractivity contribution in [3.05, 3.63) is 0 Å². The zero-order valence-electron chi connectivity index (χ0n) is 11.7. The van der Waals surface area contributed by atoms with Crippen molar-refractivity contribution in [1.82, 2.24) is 10.2 Å². The molecule has 0 radical (unpaired) electrons. The molecule has 0 bridgehead atoms. The second-order valence-corrected chi connectivity index (χ2v) is 5.19. The smallest absolute Gasteiger partial charge is 0.244 e. The van der Waals surface area contributed by atoms with Crippen LogP contribution in [0.3, 0.4) is 0 Å². The Morgan fingerprint density at radius 1 is 1.33 bits per heavy atom. The molecule has 1 aliphatic carbocycles. The molecule has 0 heterocycles. The first-order valence-electron chi connectivity index (χ1n) is 6.79. The van der Waals surface area contributed by atoms with Gasteiger partial charge in [0.2, 0.25) is 11.8 Å². The molecule has 1 atom stereocenters. The Hall–Kier alpha value is -1.10. The fourth-order valence-corrected chi connectivity index (χ4v) is 2.29. The SMILES string of the molecule is CCN(CC)C(=O)C(C)NC(=O)CC1(N)CCC1. The number of hydrogen-bond acceptors (Lipinski definition) is 3. The monoisotopic (exact) mass is 255 g/mol.